The zero-order chi connectivity index (χ0) is 24.4. The van der Waals surface area contributed by atoms with Crippen molar-refractivity contribution in [3.63, 3.8) is 0 Å². The van der Waals surface area contributed by atoms with Gasteiger partial charge in [0.15, 0.2) is 11.6 Å². The number of hydrogen-bond acceptors (Lipinski definition) is 8. The van der Waals surface area contributed by atoms with E-state index in [0.717, 1.165) is 44.0 Å². The Bertz CT molecular complexity index is 1140. The molecule has 0 bridgehead atoms. The molecule has 3 N–H and O–H groups in total. The first-order valence-corrected chi connectivity index (χ1v) is 12.0. The maximum absolute atomic E-state index is 11.9. The second kappa shape index (κ2) is 12.5. The van der Waals surface area contributed by atoms with Crippen LogP contribution in [0.3, 0.4) is 0 Å². The van der Waals surface area contributed by atoms with Gasteiger partial charge in [-0.05, 0) is 17.7 Å². The second-order valence-electron chi connectivity index (χ2n) is 7.28. The third kappa shape index (κ3) is 9.10. The first kappa shape index (κ1) is 25.6. The smallest absolute Gasteiger partial charge is 0.466 e. The molecule has 12 nitrogen and oxygen atoms in total. The van der Waals surface area contributed by atoms with Crippen molar-refractivity contribution in [2.45, 2.75) is 6.54 Å². The van der Waals surface area contributed by atoms with Gasteiger partial charge in [0.2, 0.25) is 0 Å². The summed E-state index contributed by atoms with van der Waals surface area (Å²) < 4.78 is 21.4. The molecule has 13 heteroatoms. The minimum absolute atomic E-state index is 0.132. The first-order chi connectivity index (χ1) is 16.3. The molecule has 0 saturated carbocycles. The average molecular weight is 491 g/mol. The molecular formula is C21H26N5O7P. The maximum Gasteiger partial charge on any atom is 0.466 e. The molecule has 182 valence electrons. The van der Waals surface area contributed by atoms with Crippen LogP contribution in [0, 0.1) is 0 Å². The Morgan fingerprint density at radius 1 is 1.06 bits per heavy atom. The quantitative estimate of drug-likeness (QED) is 0.396. The summed E-state index contributed by atoms with van der Waals surface area (Å²) in [5.41, 5.74) is 1.71. The van der Waals surface area contributed by atoms with Gasteiger partial charge in [-0.25, -0.2) is 19.2 Å². The number of aromatic nitrogens is 4. The van der Waals surface area contributed by atoms with Gasteiger partial charge in [0.05, 0.1) is 32.2 Å². The lowest BCUT2D eigenvalue weighted by atomic mass is 10.1. The van der Waals surface area contributed by atoms with Gasteiger partial charge in [-0.3, -0.25) is 9.69 Å². The summed E-state index contributed by atoms with van der Waals surface area (Å²) >= 11 is 0. The highest BCUT2D eigenvalue weighted by Gasteiger charge is 2.10. The molecule has 0 atom stereocenters. The summed E-state index contributed by atoms with van der Waals surface area (Å²) in [5.74, 6) is 1.26. The summed E-state index contributed by atoms with van der Waals surface area (Å²) in [6.07, 6.45) is 4.99. The van der Waals surface area contributed by atoms with Gasteiger partial charge >= 0.3 is 7.82 Å². The zero-order valence-corrected chi connectivity index (χ0v) is 19.2. The largest absolute Gasteiger partial charge is 0.489 e. The molecule has 3 heterocycles. The van der Waals surface area contributed by atoms with E-state index >= 15 is 0 Å². The molecule has 0 amide bonds. The normalized spacial score (nSPS) is 14.2. The molecule has 0 unspecified atom stereocenters. The average Bonchev–Trinajstić information content (AvgIpc) is 2.81. The number of rotatable bonds is 7. The Morgan fingerprint density at radius 2 is 1.76 bits per heavy atom. The Labute approximate surface area is 195 Å². The molecule has 0 radical (unpaired) electrons. The molecule has 0 aliphatic carbocycles. The van der Waals surface area contributed by atoms with E-state index in [9.17, 15) is 4.79 Å². The van der Waals surface area contributed by atoms with Gasteiger partial charge in [-0.15, -0.1) is 0 Å². The Balaban J connectivity index is 0.000000588. The fourth-order valence-corrected chi connectivity index (χ4v) is 3.14. The summed E-state index contributed by atoms with van der Waals surface area (Å²) in [4.78, 5) is 44.6. The zero-order valence-electron chi connectivity index (χ0n) is 18.3. The molecule has 2 aromatic heterocycles. The van der Waals surface area contributed by atoms with Crippen LogP contribution in [0.25, 0.3) is 11.4 Å². The van der Waals surface area contributed by atoms with Gasteiger partial charge in [0.25, 0.3) is 5.56 Å². The highest BCUT2D eigenvalue weighted by Crippen LogP contribution is 2.25. The highest BCUT2D eigenvalue weighted by molar-refractivity contribution is 7.45. The van der Waals surface area contributed by atoms with E-state index in [2.05, 4.69) is 20.0 Å². The molecule has 1 aliphatic heterocycles. The second-order valence-corrected chi connectivity index (χ2v) is 8.30. The molecule has 4 rings (SSSR count). The summed E-state index contributed by atoms with van der Waals surface area (Å²) in [5, 5.41) is 4.10. The first-order valence-electron chi connectivity index (χ1n) is 10.4. The lowest BCUT2D eigenvalue weighted by Crippen LogP contribution is -2.38. The van der Waals surface area contributed by atoms with E-state index < -0.39 is 7.82 Å². The van der Waals surface area contributed by atoms with Gasteiger partial charge in [0.1, 0.15) is 6.61 Å². The van der Waals surface area contributed by atoms with Crippen molar-refractivity contribution in [1.82, 2.24) is 24.6 Å². The Morgan fingerprint density at radius 3 is 2.44 bits per heavy atom. The van der Waals surface area contributed by atoms with E-state index in [1.165, 1.54) is 10.7 Å². The molecule has 3 aromatic rings. The minimum Gasteiger partial charge on any atom is -0.489 e. The number of morpholine rings is 1. The third-order valence-electron chi connectivity index (χ3n) is 4.71. The van der Waals surface area contributed by atoms with E-state index in [0.29, 0.717) is 24.7 Å². The number of ether oxygens (including phenoxy) is 2. The van der Waals surface area contributed by atoms with Crippen LogP contribution in [-0.4, -0.2) is 78.8 Å². The molecule has 0 spiro atoms. The van der Waals surface area contributed by atoms with Crippen LogP contribution in [0.2, 0.25) is 0 Å². The summed E-state index contributed by atoms with van der Waals surface area (Å²) in [7, 11) is -4.64. The highest BCUT2D eigenvalue weighted by atomic mass is 31.2. The van der Waals surface area contributed by atoms with E-state index in [-0.39, 0.29) is 5.56 Å². The van der Waals surface area contributed by atoms with Crippen molar-refractivity contribution in [2.24, 2.45) is 0 Å². The van der Waals surface area contributed by atoms with Gasteiger partial charge in [0, 0.05) is 37.5 Å². The molecule has 1 aromatic carbocycles. The van der Waals surface area contributed by atoms with Crippen molar-refractivity contribution in [3.05, 3.63) is 70.9 Å². The van der Waals surface area contributed by atoms with E-state index in [1.54, 1.807) is 24.7 Å². The molecule has 1 fully saturated rings. The third-order valence-corrected chi connectivity index (χ3v) is 4.71. The van der Waals surface area contributed by atoms with Crippen molar-refractivity contribution < 1.29 is 28.7 Å². The lowest BCUT2D eigenvalue weighted by Gasteiger charge is -2.26. The molecular weight excluding hydrogens is 465 g/mol. The van der Waals surface area contributed by atoms with Crippen molar-refractivity contribution in [2.75, 3.05) is 39.5 Å². The van der Waals surface area contributed by atoms with Crippen LogP contribution in [0.15, 0.2) is 59.8 Å². The standard InChI is InChI=1S/C21H23N5O3.H3O4P/c27-20-5-2-6-24-26(20)16-17-3-1-4-18(13-17)21-22-14-19(15-23-21)29-12-9-25-7-10-28-11-8-25;1-5(2,3)4/h1-6,13-15H,7-12,16H2;(H3,1,2,3,4). The van der Waals surface area contributed by atoms with Crippen molar-refractivity contribution in [3.8, 4) is 17.1 Å². The Kier molecular flexibility index (Phi) is 9.40. The van der Waals surface area contributed by atoms with E-state index in [4.69, 9.17) is 28.7 Å². The summed E-state index contributed by atoms with van der Waals surface area (Å²) in [6.45, 7) is 5.31. The van der Waals surface area contributed by atoms with Crippen molar-refractivity contribution in [1.29, 1.82) is 0 Å². The number of nitrogens with zero attached hydrogens (tertiary/aromatic N) is 5. The summed E-state index contributed by atoms with van der Waals surface area (Å²) in [6, 6.07) is 10.9. The molecule has 34 heavy (non-hydrogen) atoms. The number of benzene rings is 1. The Hall–Kier alpha value is -2.99. The number of phosphoric acid groups is 1. The van der Waals surface area contributed by atoms with Gasteiger partial charge in [-0.2, -0.15) is 5.10 Å². The fraction of sp³-hybridized carbons (Fsp3) is 0.333. The van der Waals surface area contributed by atoms with Crippen molar-refractivity contribution >= 4 is 7.82 Å². The topological polar surface area (TPSA) is 160 Å². The number of hydrogen-bond donors (Lipinski definition) is 3. The minimum atomic E-state index is -4.64. The van der Waals surface area contributed by atoms with Gasteiger partial charge < -0.3 is 24.2 Å². The van der Waals surface area contributed by atoms with Crippen LogP contribution in [0.4, 0.5) is 0 Å². The molecule has 1 saturated heterocycles. The van der Waals surface area contributed by atoms with Crippen LogP contribution < -0.4 is 10.3 Å². The maximum atomic E-state index is 11.9. The van der Waals surface area contributed by atoms with Crippen LogP contribution in [0.1, 0.15) is 5.56 Å². The molecule has 1 aliphatic rings. The fourth-order valence-electron chi connectivity index (χ4n) is 3.14. The van der Waals surface area contributed by atoms with Crippen LogP contribution in [-0.2, 0) is 15.8 Å². The predicted molar refractivity (Wildman–Crippen MR) is 122 cm³/mol. The SMILES string of the molecule is O=P(O)(O)O.O=c1cccnn1Cc1cccc(-c2ncc(OCCN3CCOCC3)cn2)c1. The van der Waals surface area contributed by atoms with Crippen LogP contribution in [0.5, 0.6) is 5.75 Å². The van der Waals surface area contributed by atoms with Crippen LogP contribution >= 0.6 is 7.82 Å². The predicted octanol–water partition coefficient (Wildman–Crippen LogP) is 0.531. The van der Waals surface area contributed by atoms with Gasteiger partial charge in [-0.1, -0.05) is 18.2 Å². The lowest BCUT2D eigenvalue weighted by molar-refractivity contribution is 0.0322. The van der Waals surface area contributed by atoms with E-state index in [1.807, 2.05) is 24.3 Å². The monoisotopic (exact) mass is 491 g/mol.